The maximum Gasteiger partial charge on any atom is 0.186 e. The maximum atomic E-state index is 5.29. The Kier molecular flexibility index (Phi) is 4.32. The molecule has 0 atom stereocenters. The van der Waals surface area contributed by atoms with Gasteiger partial charge in [-0.1, -0.05) is 11.3 Å². The number of piperazine rings is 1. The lowest BCUT2D eigenvalue weighted by Crippen LogP contribution is -2.45. The SMILES string of the molecule is COc1ccc2sc(N3CCN(Cc4ccncc4)CC3)nc2c1. The first-order valence-electron chi connectivity index (χ1n) is 8.12. The van der Waals surface area contributed by atoms with Gasteiger partial charge in [0.25, 0.3) is 0 Å². The van der Waals surface area contributed by atoms with E-state index in [1.807, 2.05) is 24.5 Å². The van der Waals surface area contributed by atoms with E-state index in [1.54, 1.807) is 18.4 Å². The highest BCUT2D eigenvalue weighted by atomic mass is 32.1. The Morgan fingerprint density at radius 2 is 1.88 bits per heavy atom. The maximum absolute atomic E-state index is 5.29. The fourth-order valence-corrected chi connectivity index (χ4v) is 4.00. The van der Waals surface area contributed by atoms with Crippen molar-refractivity contribution in [2.45, 2.75) is 6.54 Å². The monoisotopic (exact) mass is 340 g/mol. The molecule has 0 radical (unpaired) electrons. The highest BCUT2D eigenvalue weighted by molar-refractivity contribution is 7.22. The first kappa shape index (κ1) is 15.4. The van der Waals surface area contributed by atoms with E-state index in [4.69, 9.17) is 9.72 Å². The molecule has 1 aromatic carbocycles. The fourth-order valence-electron chi connectivity index (χ4n) is 3.00. The Morgan fingerprint density at radius 3 is 2.62 bits per heavy atom. The summed E-state index contributed by atoms with van der Waals surface area (Å²) < 4.78 is 6.50. The average Bonchev–Trinajstić information content (AvgIpc) is 3.06. The summed E-state index contributed by atoms with van der Waals surface area (Å²) in [6, 6.07) is 10.3. The summed E-state index contributed by atoms with van der Waals surface area (Å²) in [4.78, 5) is 13.7. The molecule has 3 heterocycles. The number of benzene rings is 1. The topological polar surface area (TPSA) is 41.5 Å². The second kappa shape index (κ2) is 6.75. The second-order valence-corrected chi connectivity index (χ2v) is 6.96. The van der Waals surface area contributed by atoms with Gasteiger partial charge in [-0.3, -0.25) is 9.88 Å². The van der Waals surface area contributed by atoms with Crippen LogP contribution in [0.15, 0.2) is 42.7 Å². The molecule has 1 aliphatic heterocycles. The molecule has 0 spiro atoms. The summed E-state index contributed by atoms with van der Waals surface area (Å²) in [6.45, 7) is 5.14. The number of ether oxygens (including phenoxy) is 1. The number of anilines is 1. The van der Waals surface area contributed by atoms with E-state index < -0.39 is 0 Å². The van der Waals surface area contributed by atoms with Crippen molar-refractivity contribution in [1.82, 2.24) is 14.9 Å². The van der Waals surface area contributed by atoms with E-state index in [9.17, 15) is 0 Å². The lowest BCUT2D eigenvalue weighted by Gasteiger charge is -2.34. The molecule has 0 amide bonds. The highest BCUT2D eigenvalue weighted by Crippen LogP contribution is 2.31. The second-order valence-electron chi connectivity index (χ2n) is 5.95. The minimum absolute atomic E-state index is 0.863. The number of rotatable bonds is 4. The van der Waals surface area contributed by atoms with Crippen molar-refractivity contribution in [3.05, 3.63) is 48.3 Å². The van der Waals surface area contributed by atoms with Crippen molar-refractivity contribution in [3.63, 3.8) is 0 Å². The summed E-state index contributed by atoms with van der Waals surface area (Å²) in [5, 5.41) is 1.11. The number of methoxy groups -OCH3 is 1. The van der Waals surface area contributed by atoms with Crippen LogP contribution < -0.4 is 9.64 Å². The van der Waals surface area contributed by atoms with Gasteiger partial charge in [0.15, 0.2) is 5.13 Å². The average molecular weight is 340 g/mol. The smallest absolute Gasteiger partial charge is 0.186 e. The first-order valence-corrected chi connectivity index (χ1v) is 8.94. The molecule has 24 heavy (non-hydrogen) atoms. The Balaban J connectivity index is 1.42. The van der Waals surface area contributed by atoms with Crippen molar-refractivity contribution in [2.75, 3.05) is 38.2 Å². The van der Waals surface area contributed by atoms with Crippen LogP contribution in [0.1, 0.15) is 5.56 Å². The third-order valence-electron chi connectivity index (χ3n) is 4.38. The molecular weight excluding hydrogens is 320 g/mol. The normalized spacial score (nSPS) is 15.8. The molecule has 124 valence electrons. The zero-order valence-corrected chi connectivity index (χ0v) is 14.5. The van der Waals surface area contributed by atoms with Gasteiger partial charge in [-0.05, 0) is 29.8 Å². The van der Waals surface area contributed by atoms with Gasteiger partial charge >= 0.3 is 0 Å². The molecular formula is C18H20N4OS. The molecule has 2 aromatic heterocycles. The number of thiazole rings is 1. The van der Waals surface area contributed by atoms with Gasteiger partial charge in [-0.2, -0.15) is 0 Å². The number of fused-ring (bicyclic) bond motifs is 1. The van der Waals surface area contributed by atoms with Gasteiger partial charge in [-0.15, -0.1) is 0 Å². The highest BCUT2D eigenvalue weighted by Gasteiger charge is 2.20. The number of aromatic nitrogens is 2. The Labute approximate surface area is 145 Å². The van der Waals surface area contributed by atoms with E-state index in [1.165, 1.54) is 10.3 Å². The van der Waals surface area contributed by atoms with Crippen LogP contribution in [0.4, 0.5) is 5.13 Å². The fraction of sp³-hybridized carbons (Fsp3) is 0.333. The lowest BCUT2D eigenvalue weighted by molar-refractivity contribution is 0.250. The Morgan fingerprint density at radius 1 is 1.08 bits per heavy atom. The predicted molar refractivity (Wildman–Crippen MR) is 97.9 cm³/mol. The number of nitrogens with zero attached hydrogens (tertiary/aromatic N) is 4. The molecule has 6 heteroatoms. The van der Waals surface area contributed by atoms with E-state index >= 15 is 0 Å². The molecule has 0 unspecified atom stereocenters. The molecule has 0 bridgehead atoms. The molecule has 1 saturated heterocycles. The summed E-state index contributed by atoms with van der Waals surface area (Å²) in [7, 11) is 1.69. The summed E-state index contributed by atoms with van der Waals surface area (Å²) in [5.41, 5.74) is 2.35. The summed E-state index contributed by atoms with van der Waals surface area (Å²) in [5.74, 6) is 0.863. The van der Waals surface area contributed by atoms with Crippen LogP contribution in [0.5, 0.6) is 5.75 Å². The van der Waals surface area contributed by atoms with Crippen molar-refractivity contribution in [1.29, 1.82) is 0 Å². The van der Waals surface area contributed by atoms with Crippen LogP contribution in [0.3, 0.4) is 0 Å². The van der Waals surface area contributed by atoms with Crippen LogP contribution in [-0.4, -0.2) is 48.2 Å². The van der Waals surface area contributed by atoms with Crippen molar-refractivity contribution >= 4 is 26.7 Å². The Bertz CT molecular complexity index is 812. The largest absolute Gasteiger partial charge is 0.497 e. The van der Waals surface area contributed by atoms with E-state index in [-0.39, 0.29) is 0 Å². The summed E-state index contributed by atoms with van der Waals surface area (Å²) in [6.07, 6.45) is 3.72. The van der Waals surface area contributed by atoms with Crippen LogP contribution >= 0.6 is 11.3 Å². The first-order chi connectivity index (χ1) is 11.8. The van der Waals surface area contributed by atoms with Crippen LogP contribution in [-0.2, 0) is 6.54 Å². The van der Waals surface area contributed by atoms with Crippen LogP contribution in [0.25, 0.3) is 10.2 Å². The van der Waals surface area contributed by atoms with Gasteiger partial charge < -0.3 is 9.64 Å². The zero-order valence-electron chi connectivity index (χ0n) is 13.7. The molecule has 4 rings (SSSR count). The molecule has 1 fully saturated rings. The number of hydrogen-bond acceptors (Lipinski definition) is 6. The van der Waals surface area contributed by atoms with E-state index in [0.29, 0.717) is 0 Å². The Hall–Kier alpha value is -2.18. The number of hydrogen-bond donors (Lipinski definition) is 0. The predicted octanol–water partition coefficient (Wildman–Crippen LogP) is 3.02. The lowest BCUT2D eigenvalue weighted by atomic mass is 10.2. The van der Waals surface area contributed by atoms with Gasteiger partial charge in [0.2, 0.25) is 0 Å². The van der Waals surface area contributed by atoms with Crippen LogP contribution in [0.2, 0.25) is 0 Å². The zero-order chi connectivity index (χ0) is 16.4. The number of pyridine rings is 1. The van der Waals surface area contributed by atoms with Crippen LogP contribution in [0, 0.1) is 0 Å². The van der Waals surface area contributed by atoms with Gasteiger partial charge in [0.1, 0.15) is 5.75 Å². The molecule has 0 aliphatic carbocycles. The molecule has 5 nitrogen and oxygen atoms in total. The van der Waals surface area contributed by atoms with Gasteiger partial charge in [-0.25, -0.2) is 4.98 Å². The van der Waals surface area contributed by atoms with Gasteiger partial charge in [0.05, 0.1) is 17.3 Å². The van der Waals surface area contributed by atoms with Crippen molar-refractivity contribution in [3.8, 4) is 5.75 Å². The minimum Gasteiger partial charge on any atom is -0.497 e. The molecule has 0 N–H and O–H groups in total. The third-order valence-corrected chi connectivity index (χ3v) is 5.48. The quantitative estimate of drug-likeness (QED) is 0.730. The molecule has 1 aliphatic rings. The molecule has 0 saturated carbocycles. The summed E-state index contributed by atoms with van der Waals surface area (Å²) >= 11 is 1.76. The third kappa shape index (κ3) is 3.20. The van der Waals surface area contributed by atoms with E-state index in [0.717, 1.165) is 49.1 Å². The molecule has 3 aromatic rings. The standard InChI is InChI=1S/C18H20N4OS/c1-23-15-2-3-17-16(12-15)20-18(24-17)22-10-8-21(9-11-22)13-14-4-6-19-7-5-14/h2-7,12H,8-11,13H2,1H3. The minimum atomic E-state index is 0.863. The van der Waals surface area contributed by atoms with Crippen molar-refractivity contribution < 1.29 is 4.74 Å². The van der Waals surface area contributed by atoms with E-state index in [2.05, 4.69) is 33.0 Å². The van der Waals surface area contributed by atoms with Gasteiger partial charge in [0, 0.05) is 51.2 Å². The van der Waals surface area contributed by atoms with Crippen molar-refractivity contribution in [2.24, 2.45) is 0 Å².